The van der Waals surface area contributed by atoms with Crippen LogP contribution in [0.15, 0.2) is 6.20 Å². The van der Waals surface area contributed by atoms with E-state index in [4.69, 9.17) is 5.73 Å². The fourth-order valence-corrected chi connectivity index (χ4v) is 2.30. The largest absolute Gasteiger partial charge is 0.396 e. The van der Waals surface area contributed by atoms with Gasteiger partial charge in [0.05, 0.1) is 24.5 Å². The number of carbonyl (C=O) groups is 1. The summed E-state index contributed by atoms with van der Waals surface area (Å²) in [5.41, 5.74) is 6.62. The molecular formula is C11H18N4O2. The first-order valence-electron chi connectivity index (χ1n) is 5.92. The number of nitrogen functional groups attached to an aromatic ring is 1. The van der Waals surface area contributed by atoms with Crippen LogP contribution in [0, 0.1) is 0 Å². The molecule has 0 aromatic carbocycles. The Morgan fingerprint density at radius 2 is 2.47 bits per heavy atom. The van der Waals surface area contributed by atoms with Crippen LogP contribution >= 0.6 is 0 Å². The van der Waals surface area contributed by atoms with Crippen LogP contribution in [0.5, 0.6) is 0 Å². The molecule has 2 rings (SSSR count). The predicted molar refractivity (Wildman–Crippen MR) is 63.5 cm³/mol. The number of rotatable bonds is 3. The molecule has 1 saturated heterocycles. The first-order valence-corrected chi connectivity index (χ1v) is 5.92. The van der Waals surface area contributed by atoms with E-state index in [1.807, 2.05) is 6.92 Å². The molecule has 1 aromatic heterocycles. The van der Waals surface area contributed by atoms with Gasteiger partial charge in [0.2, 0.25) is 0 Å². The van der Waals surface area contributed by atoms with Crippen LogP contribution in [0.2, 0.25) is 0 Å². The number of nitrogens with zero attached hydrogens (tertiary/aromatic N) is 3. The number of likely N-dealkylation sites (tertiary alicyclic amines) is 1. The predicted octanol–water partition coefficient (Wildman–Crippen LogP) is 0.0821. The number of aliphatic hydroxyl groups excluding tert-OH is 1. The molecule has 94 valence electrons. The minimum atomic E-state index is -0.126. The van der Waals surface area contributed by atoms with Gasteiger partial charge in [-0.05, 0) is 19.8 Å². The molecule has 17 heavy (non-hydrogen) atoms. The summed E-state index contributed by atoms with van der Waals surface area (Å²) >= 11 is 0. The zero-order chi connectivity index (χ0) is 12.4. The van der Waals surface area contributed by atoms with Crippen molar-refractivity contribution in [1.82, 2.24) is 14.7 Å². The molecule has 2 heterocycles. The number of aromatic nitrogens is 2. The van der Waals surface area contributed by atoms with Gasteiger partial charge in [0.15, 0.2) is 0 Å². The first kappa shape index (κ1) is 11.9. The van der Waals surface area contributed by atoms with E-state index in [1.54, 1.807) is 9.58 Å². The maximum atomic E-state index is 12.4. The smallest absolute Gasteiger partial charge is 0.274 e. The van der Waals surface area contributed by atoms with Crippen LogP contribution in [-0.4, -0.2) is 44.9 Å². The Kier molecular flexibility index (Phi) is 3.33. The Morgan fingerprint density at radius 1 is 1.71 bits per heavy atom. The normalized spacial score (nSPS) is 19.9. The number of amides is 1. The second kappa shape index (κ2) is 4.75. The molecule has 0 spiro atoms. The highest BCUT2D eigenvalue weighted by Gasteiger charge is 2.31. The quantitative estimate of drug-likeness (QED) is 0.781. The van der Waals surface area contributed by atoms with Crippen LogP contribution in [-0.2, 0) is 6.54 Å². The van der Waals surface area contributed by atoms with Gasteiger partial charge >= 0.3 is 0 Å². The second-order valence-electron chi connectivity index (χ2n) is 4.24. The Hall–Kier alpha value is -1.56. The van der Waals surface area contributed by atoms with Crippen LogP contribution in [0.3, 0.4) is 0 Å². The van der Waals surface area contributed by atoms with Gasteiger partial charge in [0.1, 0.15) is 5.69 Å². The third-order valence-electron chi connectivity index (χ3n) is 3.22. The molecular weight excluding hydrogens is 220 g/mol. The number of hydrogen-bond acceptors (Lipinski definition) is 4. The third kappa shape index (κ3) is 2.00. The van der Waals surface area contributed by atoms with Crippen LogP contribution in [0.25, 0.3) is 0 Å². The van der Waals surface area contributed by atoms with Crippen molar-refractivity contribution < 1.29 is 9.90 Å². The Balaban J connectivity index is 2.27. The minimum Gasteiger partial charge on any atom is -0.396 e. The van der Waals surface area contributed by atoms with Gasteiger partial charge in [0, 0.05) is 13.1 Å². The van der Waals surface area contributed by atoms with Crippen molar-refractivity contribution in [3.8, 4) is 0 Å². The first-order chi connectivity index (χ1) is 8.19. The highest BCUT2D eigenvalue weighted by Crippen LogP contribution is 2.22. The number of aryl methyl sites for hydroxylation is 1. The maximum absolute atomic E-state index is 12.4. The van der Waals surface area contributed by atoms with E-state index >= 15 is 0 Å². The number of anilines is 1. The Morgan fingerprint density at radius 3 is 3.12 bits per heavy atom. The number of hydrogen-bond donors (Lipinski definition) is 2. The van der Waals surface area contributed by atoms with E-state index in [0.717, 1.165) is 12.8 Å². The standard InChI is InChI=1S/C11H18N4O2/c1-2-15-10(9(12)6-13-15)11(17)14-5-3-4-8(14)7-16/h6,8,16H,2-5,7,12H2,1H3/t8-/m1/s1. The Bertz CT molecular complexity index is 416. The van der Waals surface area contributed by atoms with Crippen molar-refractivity contribution in [3.63, 3.8) is 0 Å². The van der Waals surface area contributed by atoms with Crippen molar-refractivity contribution in [2.24, 2.45) is 0 Å². The number of carbonyl (C=O) groups excluding carboxylic acids is 1. The summed E-state index contributed by atoms with van der Waals surface area (Å²) in [5, 5.41) is 13.3. The van der Waals surface area contributed by atoms with Crippen LogP contribution in [0.1, 0.15) is 30.3 Å². The summed E-state index contributed by atoms with van der Waals surface area (Å²) in [4.78, 5) is 14.0. The summed E-state index contributed by atoms with van der Waals surface area (Å²) < 4.78 is 1.60. The van der Waals surface area contributed by atoms with E-state index in [0.29, 0.717) is 24.5 Å². The lowest BCUT2D eigenvalue weighted by molar-refractivity contribution is 0.0666. The second-order valence-corrected chi connectivity index (χ2v) is 4.24. The van der Waals surface area contributed by atoms with E-state index in [-0.39, 0.29) is 18.6 Å². The summed E-state index contributed by atoms with van der Waals surface area (Å²) in [7, 11) is 0. The van der Waals surface area contributed by atoms with Crippen molar-refractivity contribution in [3.05, 3.63) is 11.9 Å². The Labute approximate surface area is 100 Å². The molecule has 0 bridgehead atoms. The summed E-state index contributed by atoms with van der Waals surface area (Å²) in [5.74, 6) is -0.126. The van der Waals surface area contributed by atoms with Gasteiger partial charge < -0.3 is 15.7 Å². The van der Waals surface area contributed by atoms with E-state index in [1.165, 1.54) is 6.20 Å². The maximum Gasteiger partial charge on any atom is 0.274 e. The average Bonchev–Trinajstić information content (AvgIpc) is 2.93. The van der Waals surface area contributed by atoms with Gasteiger partial charge in [-0.3, -0.25) is 9.48 Å². The average molecular weight is 238 g/mol. The zero-order valence-electron chi connectivity index (χ0n) is 9.96. The molecule has 1 aromatic rings. The molecule has 1 amide bonds. The fourth-order valence-electron chi connectivity index (χ4n) is 2.30. The van der Waals surface area contributed by atoms with Crippen LogP contribution in [0.4, 0.5) is 5.69 Å². The molecule has 1 fully saturated rings. The highest BCUT2D eigenvalue weighted by atomic mass is 16.3. The summed E-state index contributed by atoms with van der Waals surface area (Å²) in [6.45, 7) is 3.21. The lowest BCUT2D eigenvalue weighted by Gasteiger charge is -2.23. The van der Waals surface area contributed by atoms with Crippen molar-refractivity contribution >= 4 is 11.6 Å². The van der Waals surface area contributed by atoms with Gasteiger partial charge in [-0.1, -0.05) is 0 Å². The highest BCUT2D eigenvalue weighted by molar-refractivity contribution is 5.97. The molecule has 0 unspecified atom stereocenters. The lowest BCUT2D eigenvalue weighted by atomic mass is 10.2. The van der Waals surface area contributed by atoms with Crippen molar-refractivity contribution in [1.29, 1.82) is 0 Å². The molecule has 1 atom stereocenters. The van der Waals surface area contributed by atoms with E-state index in [9.17, 15) is 9.90 Å². The topological polar surface area (TPSA) is 84.4 Å². The van der Waals surface area contributed by atoms with Crippen LogP contribution < -0.4 is 5.73 Å². The van der Waals surface area contributed by atoms with Crippen molar-refractivity contribution in [2.75, 3.05) is 18.9 Å². The van der Waals surface area contributed by atoms with E-state index in [2.05, 4.69) is 5.10 Å². The monoisotopic (exact) mass is 238 g/mol. The zero-order valence-corrected chi connectivity index (χ0v) is 9.96. The number of aliphatic hydroxyl groups is 1. The van der Waals surface area contributed by atoms with Gasteiger partial charge in [0.25, 0.3) is 5.91 Å². The molecule has 0 saturated carbocycles. The van der Waals surface area contributed by atoms with Gasteiger partial charge in [-0.2, -0.15) is 5.10 Å². The lowest BCUT2D eigenvalue weighted by Crippen LogP contribution is -2.39. The molecule has 0 radical (unpaired) electrons. The summed E-state index contributed by atoms with van der Waals surface area (Å²) in [6, 6.07) is -0.0814. The summed E-state index contributed by atoms with van der Waals surface area (Å²) in [6.07, 6.45) is 3.28. The molecule has 1 aliphatic rings. The molecule has 6 nitrogen and oxygen atoms in total. The third-order valence-corrected chi connectivity index (χ3v) is 3.22. The van der Waals surface area contributed by atoms with Gasteiger partial charge in [-0.15, -0.1) is 0 Å². The molecule has 1 aliphatic heterocycles. The van der Waals surface area contributed by atoms with Gasteiger partial charge in [-0.25, -0.2) is 0 Å². The fraction of sp³-hybridized carbons (Fsp3) is 0.636. The molecule has 6 heteroatoms. The van der Waals surface area contributed by atoms with Crippen molar-refractivity contribution in [2.45, 2.75) is 32.4 Å². The van der Waals surface area contributed by atoms with E-state index < -0.39 is 0 Å². The molecule has 3 N–H and O–H groups in total. The molecule has 0 aliphatic carbocycles. The SMILES string of the molecule is CCn1ncc(N)c1C(=O)N1CCC[C@@H]1CO. The minimum absolute atomic E-state index is 0.00586. The number of nitrogens with two attached hydrogens (primary N) is 1.